The second-order valence-electron chi connectivity index (χ2n) is 6.51. The third kappa shape index (κ3) is 2.97. The molecule has 0 saturated heterocycles. The van der Waals surface area contributed by atoms with Crippen LogP contribution in [0.5, 0.6) is 0 Å². The maximum absolute atomic E-state index is 2.26. The summed E-state index contributed by atoms with van der Waals surface area (Å²) < 4.78 is 0. The van der Waals surface area contributed by atoms with Gasteiger partial charge in [0, 0.05) is 0 Å². The lowest BCUT2D eigenvalue weighted by Gasteiger charge is -2.44. The highest BCUT2D eigenvalue weighted by Gasteiger charge is 2.30. The zero-order chi connectivity index (χ0) is 17.0. The average Bonchev–Trinajstić information content (AvgIpc) is 2.72. The molecule has 0 N–H and O–H groups in total. The van der Waals surface area contributed by atoms with Crippen molar-refractivity contribution in [2.45, 2.75) is 7.43 Å². The topological polar surface area (TPSA) is 0 Å². The van der Waals surface area contributed by atoms with Crippen LogP contribution in [-0.4, -0.2) is 6.15 Å². The van der Waals surface area contributed by atoms with Crippen LogP contribution in [0.25, 0.3) is 0 Å². The normalized spacial score (nSPS) is 10.8. The van der Waals surface area contributed by atoms with Gasteiger partial charge in [-0.2, -0.15) is 21.9 Å². The quantitative estimate of drug-likeness (QED) is 0.499. The Morgan fingerprint density at radius 3 is 0.692 bits per heavy atom. The van der Waals surface area contributed by atoms with Gasteiger partial charge in [-0.3, -0.25) is 0 Å². The fourth-order valence-electron chi connectivity index (χ4n) is 4.12. The predicted octanol–water partition coefficient (Wildman–Crippen LogP) is 3.70. The molecule has 4 aromatic carbocycles. The molecule has 26 heavy (non-hydrogen) atoms. The molecule has 0 aliphatic carbocycles. The maximum Gasteiger partial charge on any atom is 0.108 e. The SMILES string of the molecule is C.c1ccc([B-](c2ccccc2)(c2ccccc2)c2ccccc2)cc1. The number of rotatable bonds is 4. The van der Waals surface area contributed by atoms with Crippen LogP contribution < -0.4 is 21.9 Å². The molecule has 0 aromatic heterocycles. The van der Waals surface area contributed by atoms with E-state index in [4.69, 9.17) is 0 Å². The standard InChI is InChI=1S/C24H20B.CH4/c1-5-13-21(14-6-1)25(22-15-7-2-8-16-22,23-17-9-3-10-18-23)24-19-11-4-12-20-24;/h1-20H;1H4/q-1;. The molecule has 128 valence electrons. The van der Waals surface area contributed by atoms with Gasteiger partial charge in [-0.25, -0.2) is 0 Å². The molecule has 0 unspecified atom stereocenters. The van der Waals surface area contributed by atoms with Crippen molar-refractivity contribution in [2.75, 3.05) is 0 Å². The molecular weight excluding hydrogens is 311 g/mol. The van der Waals surface area contributed by atoms with Crippen LogP contribution in [0.2, 0.25) is 0 Å². The van der Waals surface area contributed by atoms with Crippen molar-refractivity contribution in [2.24, 2.45) is 0 Å². The Morgan fingerprint density at radius 1 is 0.308 bits per heavy atom. The van der Waals surface area contributed by atoms with Crippen molar-refractivity contribution in [3.8, 4) is 0 Å². The first-order valence-corrected chi connectivity index (χ1v) is 8.80. The Hall–Kier alpha value is -3.06. The summed E-state index contributed by atoms with van der Waals surface area (Å²) in [6.45, 7) is 0. The predicted molar refractivity (Wildman–Crippen MR) is 117 cm³/mol. The largest absolute Gasteiger partial charge is 0.195 e. The average molecular weight is 335 g/mol. The van der Waals surface area contributed by atoms with Crippen LogP contribution in [0.1, 0.15) is 7.43 Å². The fourth-order valence-corrected chi connectivity index (χ4v) is 4.12. The molecule has 0 fully saturated rings. The van der Waals surface area contributed by atoms with Crippen LogP contribution in [0.4, 0.5) is 0 Å². The Bertz CT molecular complexity index is 753. The summed E-state index contributed by atoms with van der Waals surface area (Å²) in [5.74, 6) is 0. The van der Waals surface area contributed by atoms with Crippen molar-refractivity contribution < 1.29 is 0 Å². The van der Waals surface area contributed by atoms with E-state index in [1.165, 1.54) is 21.9 Å². The smallest absolute Gasteiger partial charge is 0.108 e. The maximum atomic E-state index is 2.26. The van der Waals surface area contributed by atoms with E-state index >= 15 is 0 Å². The Balaban J connectivity index is 0.00000196. The molecule has 0 bridgehead atoms. The molecule has 4 rings (SSSR count). The summed E-state index contributed by atoms with van der Waals surface area (Å²) in [6.07, 6.45) is -1.22. The van der Waals surface area contributed by atoms with Crippen molar-refractivity contribution in [3.63, 3.8) is 0 Å². The summed E-state index contributed by atoms with van der Waals surface area (Å²) in [7, 11) is 0. The first kappa shape index (κ1) is 17.8. The van der Waals surface area contributed by atoms with E-state index in [1.807, 2.05) is 0 Å². The molecule has 0 aliphatic rings. The van der Waals surface area contributed by atoms with E-state index in [1.54, 1.807) is 0 Å². The number of hydrogen-bond donors (Lipinski definition) is 0. The third-order valence-electron chi connectivity index (χ3n) is 5.20. The van der Waals surface area contributed by atoms with Gasteiger partial charge in [0.05, 0.1) is 0 Å². The molecule has 0 amide bonds. The van der Waals surface area contributed by atoms with E-state index in [0.717, 1.165) is 0 Å². The van der Waals surface area contributed by atoms with Gasteiger partial charge in [-0.1, -0.05) is 129 Å². The van der Waals surface area contributed by atoms with Crippen LogP contribution in [0, 0.1) is 0 Å². The van der Waals surface area contributed by atoms with E-state index in [9.17, 15) is 0 Å². The van der Waals surface area contributed by atoms with Crippen molar-refractivity contribution in [1.29, 1.82) is 0 Å². The minimum absolute atomic E-state index is 0. The zero-order valence-corrected chi connectivity index (χ0v) is 14.1. The third-order valence-corrected chi connectivity index (χ3v) is 5.20. The van der Waals surface area contributed by atoms with Gasteiger partial charge in [0.25, 0.3) is 0 Å². The fraction of sp³-hybridized carbons (Fsp3) is 0.0400. The molecular formula is C25H24B-. The van der Waals surface area contributed by atoms with Crippen molar-refractivity contribution >= 4 is 28.0 Å². The van der Waals surface area contributed by atoms with Crippen molar-refractivity contribution in [3.05, 3.63) is 121 Å². The van der Waals surface area contributed by atoms with Gasteiger partial charge < -0.3 is 0 Å². The van der Waals surface area contributed by atoms with Crippen LogP contribution in [0.3, 0.4) is 0 Å². The summed E-state index contributed by atoms with van der Waals surface area (Å²) >= 11 is 0. The molecule has 0 atom stereocenters. The highest BCUT2D eigenvalue weighted by Crippen LogP contribution is 2.09. The molecule has 0 heterocycles. The van der Waals surface area contributed by atoms with E-state index < -0.39 is 6.15 Å². The van der Waals surface area contributed by atoms with Crippen molar-refractivity contribution in [1.82, 2.24) is 0 Å². The van der Waals surface area contributed by atoms with Gasteiger partial charge in [0.15, 0.2) is 0 Å². The van der Waals surface area contributed by atoms with Crippen LogP contribution in [-0.2, 0) is 0 Å². The lowest BCUT2D eigenvalue weighted by molar-refractivity contribution is 1.66. The van der Waals surface area contributed by atoms with Gasteiger partial charge >= 0.3 is 0 Å². The van der Waals surface area contributed by atoms with Gasteiger partial charge in [-0.15, -0.1) is 0 Å². The molecule has 0 saturated carbocycles. The van der Waals surface area contributed by atoms with Crippen LogP contribution >= 0.6 is 0 Å². The molecule has 4 aromatic rings. The minimum Gasteiger partial charge on any atom is -0.195 e. The highest BCUT2D eigenvalue weighted by atomic mass is 14.1. The lowest BCUT2D eigenvalue weighted by atomic mass is 9.13. The lowest BCUT2D eigenvalue weighted by Crippen LogP contribution is -2.74. The Kier molecular flexibility index (Phi) is 5.38. The molecule has 0 radical (unpaired) electrons. The number of hydrogen-bond acceptors (Lipinski definition) is 0. The van der Waals surface area contributed by atoms with Gasteiger partial charge in [-0.05, 0) is 0 Å². The highest BCUT2D eigenvalue weighted by molar-refractivity contribution is 7.19. The van der Waals surface area contributed by atoms with Gasteiger partial charge in [0.2, 0.25) is 0 Å². The second-order valence-corrected chi connectivity index (χ2v) is 6.51. The zero-order valence-electron chi connectivity index (χ0n) is 14.1. The van der Waals surface area contributed by atoms with E-state index in [2.05, 4.69) is 121 Å². The monoisotopic (exact) mass is 335 g/mol. The molecule has 0 nitrogen and oxygen atoms in total. The molecule has 0 spiro atoms. The van der Waals surface area contributed by atoms with Gasteiger partial charge in [0.1, 0.15) is 6.15 Å². The Morgan fingerprint density at radius 2 is 0.500 bits per heavy atom. The summed E-state index contributed by atoms with van der Waals surface area (Å²) in [4.78, 5) is 0. The molecule has 0 aliphatic heterocycles. The first-order valence-electron chi connectivity index (χ1n) is 8.80. The first-order chi connectivity index (χ1) is 12.4. The summed E-state index contributed by atoms with van der Waals surface area (Å²) in [5.41, 5.74) is 5.36. The second kappa shape index (κ2) is 7.88. The summed E-state index contributed by atoms with van der Waals surface area (Å²) in [6, 6.07) is 43.5. The summed E-state index contributed by atoms with van der Waals surface area (Å²) in [5, 5.41) is 0. The minimum atomic E-state index is -1.22. The van der Waals surface area contributed by atoms with E-state index in [-0.39, 0.29) is 7.43 Å². The van der Waals surface area contributed by atoms with E-state index in [0.29, 0.717) is 0 Å². The van der Waals surface area contributed by atoms with Crippen LogP contribution in [0.15, 0.2) is 121 Å². The Labute approximate surface area is 157 Å². The molecule has 1 heteroatoms. The number of benzene rings is 4.